The molecule has 1 fully saturated rings. The Morgan fingerprint density at radius 3 is 2.73 bits per heavy atom. The second-order valence-corrected chi connectivity index (χ2v) is 5.52. The van der Waals surface area contributed by atoms with Crippen LogP contribution >= 0.6 is 11.6 Å². The molecule has 1 aromatic heterocycles. The molecule has 6 heteroatoms. The average Bonchev–Trinajstić information content (AvgIpc) is 2.55. The molecule has 0 saturated carbocycles. The molecule has 2 heterocycles. The molecule has 0 bridgehead atoms. The van der Waals surface area contributed by atoms with Crippen LogP contribution in [-0.2, 0) is 4.74 Å². The number of fused-ring (bicyclic) bond motifs is 1. The fraction of sp³-hybridized carbons (Fsp3) is 0.375. The molecule has 0 aliphatic carbocycles. The summed E-state index contributed by atoms with van der Waals surface area (Å²) in [5.74, 6) is 0.854. The number of hydrogen-bond acceptors (Lipinski definition) is 4. The van der Waals surface area contributed by atoms with Crippen LogP contribution < -0.4 is 4.90 Å². The van der Waals surface area contributed by atoms with Gasteiger partial charge in [0, 0.05) is 31.6 Å². The van der Waals surface area contributed by atoms with E-state index in [0.717, 1.165) is 29.7 Å². The zero-order valence-electron chi connectivity index (χ0n) is 12.5. The van der Waals surface area contributed by atoms with Crippen molar-refractivity contribution in [1.82, 2.24) is 9.88 Å². The maximum Gasteiger partial charge on any atom is 0.409 e. The minimum Gasteiger partial charge on any atom is -0.450 e. The van der Waals surface area contributed by atoms with Crippen LogP contribution in [0.25, 0.3) is 10.8 Å². The maximum atomic E-state index is 11.7. The van der Waals surface area contributed by atoms with Gasteiger partial charge in [-0.2, -0.15) is 0 Å². The van der Waals surface area contributed by atoms with Crippen molar-refractivity contribution in [3.05, 3.63) is 35.5 Å². The summed E-state index contributed by atoms with van der Waals surface area (Å²) >= 11 is 6.28. The highest BCUT2D eigenvalue weighted by Gasteiger charge is 2.23. The average molecular weight is 320 g/mol. The topological polar surface area (TPSA) is 45.7 Å². The number of hydrogen-bond donors (Lipinski definition) is 0. The summed E-state index contributed by atoms with van der Waals surface area (Å²) < 4.78 is 5.03. The number of ether oxygens (including phenoxy) is 1. The highest BCUT2D eigenvalue weighted by atomic mass is 35.5. The van der Waals surface area contributed by atoms with E-state index in [2.05, 4.69) is 9.88 Å². The van der Waals surface area contributed by atoms with E-state index < -0.39 is 0 Å². The number of carbonyl (C=O) groups excluding carboxylic acids is 1. The van der Waals surface area contributed by atoms with E-state index in [1.807, 2.05) is 37.3 Å². The van der Waals surface area contributed by atoms with Gasteiger partial charge in [0.2, 0.25) is 0 Å². The van der Waals surface area contributed by atoms with Crippen molar-refractivity contribution in [2.45, 2.75) is 6.92 Å². The molecule has 3 rings (SSSR count). The number of pyridine rings is 1. The SMILES string of the molecule is CCOC(=O)N1CCN(c2cc3ccccc3c(Cl)n2)CC1. The van der Waals surface area contributed by atoms with Crippen LogP contribution in [0.3, 0.4) is 0 Å². The van der Waals surface area contributed by atoms with E-state index in [0.29, 0.717) is 24.8 Å². The summed E-state index contributed by atoms with van der Waals surface area (Å²) in [6.07, 6.45) is -0.244. The minimum absolute atomic E-state index is 0.244. The quantitative estimate of drug-likeness (QED) is 0.798. The Hall–Kier alpha value is -2.01. The van der Waals surface area contributed by atoms with Gasteiger partial charge in [-0.1, -0.05) is 35.9 Å². The van der Waals surface area contributed by atoms with Crippen LogP contribution in [0.5, 0.6) is 0 Å². The molecule has 1 aliphatic heterocycles. The Morgan fingerprint density at radius 2 is 2.00 bits per heavy atom. The molecular formula is C16H18ClN3O2. The fourth-order valence-electron chi connectivity index (χ4n) is 2.64. The number of aromatic nitrogens is 1. The van der Waals surface area contributed by atoms with Crippen molar-refractivity contribution in [2.24, 2.45) is 0 Å². The minimum atomic E-state index is -0.244. The summed E-state index contributed by atoms with van der Waals surface area (Å²) in [6.45, 7) is 4.92. The first kappa shape index (κ1) is 14.9. The van der Waals surface area contributed by atoms with E-state index in [1.165, 1.54) is 0 Å². The summed E-state index contributed by atoms with van der Waals surface area (Å²) in [5, 5.41) is 2.55. The first-order valence-corrected chi connectivity index (χ1v) is 7.79. The zero-order chi connectivity index (χ0) is 15.5. The summed E-state index contributed by atoms with van der Waals surface area (Å²) in [5.41, 5.74) is 0. The van der Waals surface area contributed by atoms with E-state index in [4.69, 9.17) is 16.3 Å². The van der Waals surface area contributed by atoms with Gasteiger partial charge in [-0.05, 0) is 18.4 Å². The van der Waals surface area contributed by atoms with Gasteiger partial charge >= 0.3 is 6.09 Å². The number of carbonyl (C=O) groups is 1. The maximum absolute atomic E-state index is 11.7. The van der Waals surface area contributed by atoms with Crippen LogP contribution in [0, 0.1) is 0 Å². The Kier molecular flexibility index (Phi) is 4.34. The molecule has 1 saturated heterocycles. The van der Waals surface area contributed by atoms with Crippen molar-refractivity contribution < 1.29 is 9.53 Å². The molecule has 0 atom stereocenters. The lowest BCUT2D eigenvalue weighted by molar-refractivity contribution is 0.105. The fourth-order valence-corrected chi connectivity index (χ4v) is 2.90. The highest BCUT2D eigenvalue weighted by molar-refractivity contribution is 6.34. The van der Waals surface area contributed by atoms with Crippen LogP contribution in [0.1, 0.15) is 6.92 Å². The third-order valence-corrected chi connectivity index (χ3v) is 4.10. The molecule has 1 aromatic carbocycles. The molecule has 5 nitrogen and oxygen atoms in total. The first-order chi connectivity index (χ1) is 10.7. The van der Waals surface area contributed by atoms with Gasteiger partial charge in [0.05, 0.1) is 6.61 Å². The predicted molar refractivity (Wildman–Crippen MR) is 87.6 cm³/mol. The Balaban J connectivity index is 1.75. The van der Waals surface area contributed by atoms with Crippen LogP contribution in [0.2, 0.25) is 5.15 Å². The summed E-state index contributed by atoms with van der Waals surface area (Å²) in [4.78, 5) is 20.1. The van der Waals surface area contributed by atoms with Crippen LogP contribution in [-0.4, -0.2) is 48.8 Å². The summed E-state index contributed by atoms with van der Waals surface area (Å²) in [6, 6.07) is 9.98. The van der Waals surface area contributed by atoms with Gasteiger partial charge in [-0.25, -0.2) is 9.78 Å². The van der Waals surface area contributed by atoms with Gasteiger partial charge in [0.25, 0.3) is 0 Å². The first-order valence-electron chi connectivity index (χ1n) is 7.41. The zero-order valence-corrected chi connectivity index (χ0v) is 13.2. The molecule has 0 N–H and O–H groups in total. The molecule has 2 aromatic rings. The molecule has 1 amide bonds. The molecule has 0 radical (unpaired) electrons. The highest BCUT2D eigenvalue weighted by Crippen LogP contribution is 2.26. The van der Waals surface area contributed by atoms with E-state index >= 15 is 0 Å². The van der Waals surface area contributed by atoms with Crippen molar-refractivity contribution in [1.29, 1.82) is 0 Å². The third-order valence-electron chi connectivity index (χ3n) is 3.81. The molecular weight excluding hydrogens is 302 g/mol. The number of piperazine rings is 1. The predicted octanol–water partition coefficient (Wildman–Crippen LogP) is 3.17. The monoisotopic (exact) mass is 319 g/mol. The van der Waals surface area contributed by atoms with Gasteiger partial charge in [0.15, 0.2) is 0 Å². The Labute approximate surface area is 134 Å². The normalized spacial score (nSPS) is 15.2. The molecule has 116 valence electrons. The second-order valence-electron chi connectivity index (χ2n) is 5.17. The molecule has 0 spiro atoms. The Bertz CT molecular complexity index is 684. The number of amides is 1. The lowest BCUT2D eigenvalue weighted by Gasteiger charge is -2.34. The van der Waals surface area contributed by atoms with Gasteiger partial charge in [0.1, 0.15) is 11.0 Å². The molecule has 22 heavy (non-hydrogen) atoms. The van der Waals surface area contributed by atoms with Gasteiger partial charge in [-0.3, -0.25) is 0 Å². The van der Waals surface area contributed by atoms with Crippen molar-refractivity contribution in [3.63, 3.8) is 0 Å². The standard InChI is InChI=1S/C16H18ClN3O2/c1-2-22-16(21)20-9-7-19(8-10-20)14-11-12-5-3-4-6-13(12)15(17)18-14/h3-6,11H,2,7-10H2,1H3. The smallest absolute Gasteiger partial charge is 0.409 e. The van der Waals surface area contributed by atoms with Gasteiger partial charge < -0.3 is 14.5 Å². The summed E-state index contributed by atoms with van der Waals surface area (Å²) in [7, 11) is 0. The second kappa shape index (κ2) is 6.40. The van der Waals surface area contributed by atoms with Crippen molar-refractivity contribution in [3.8, 4) is 0 Å². The van der Waals surface area contributed by atoms with E-state index in [1.54, 1.807) is 4.90 Å². The lowest BCUT2D eigenvalue weighted by Crippen LogP contribution is -2.49. The van der Waals surface area contributed by atoms with Crippen molar-refractivity contribution >= 4 is 34.3 Å². The number of anilines is 1. The lowest BCUT2D eigenvalue weighted by atomic mass is 10.1. The van der Waals surface area contributed by atoms with Gasteiger partial charge in [-0.15, -0.1) is 0 Å². The van der Waals surface area contributed by atoms with Crippen molar-refractivity contribution in [2.75, 3.05) is 37.7 Å². The molecule has 0 unspecified atom stereocenters. The van der Waals surface area contributed by atoms with Crippen LogP contribution in [0.15, 0.2) is 30.3 Å². The third kappa shape index (κ3) is 2.95. The number of benzene rings is 1. The Morgan fingerprint density at radius 1 is 1.27 bits per heavy atom. The van der Waals surface area contributed by atoms with E-state index in [-0.39, 0.29) is 6.09 Å². The number of nitrogens with zero attached hydrogens (tertiary/aromatic N) is 3. The number of halogens is 1. The molecule has 1 aliphatic rings. The van der Waals surface area contributed by atoms with Crippen LogP contribution in [0.4, 0.5) is 10.6 Å². The number of rotatable bonds is 2. The largest absolute Gasteiger partial charge is 0.450 e. The van der Waals surface area contributed by atoms with E-state index in [9.17, 15) is 4.79 Å².